The minimum absolute atomic E-state index is 0.0453. The van der Waals surface area contributed by atoms with Crippen LogP contribution in [0.2, 0.25) is 0 Å². The molecule has 0 amide bonds. The van der Waals surface area contributed by atoms with Crippen molar-refractivity contribution in [3.05, 3.63) is 35.5 Å². The first-order valence-electron chi connectivity index (χ1n) is 11.8. The number of alkyl halides is 3. The molecule has 1 aliphatic carbocycles. The van der Waals surface area contributed by atoms with E-state index >= 15 is 0 Å². The summed E-state index contributed by atoms with van der Waals surface area (Å²) in [7, 11) is 0.456. The Kier molecular flexibility index (Phi) is 6.95. The molecule has 0 bridgehead atoms. The van der Waals surface area contributed by atoms with Crippen LogP contribution in [-0.2, 0) is 20.2 Å². The van der Waals surface area contributed by atoms with E-state index in [0.717, 1.165) is 25.5 Å². The van der Waals surface area contributed by atoms with Gasteiger partial charge in [-0.3, -0.25) is 0 Å². The molecule has 0 spiro atoms. The summed E-state index contributed by atoms with van der Waals surface area (Å²) in [5.41, 5.74) is -1.11. The highest BCUT2D eigenvalue weighted by atomic mass is 19.4. The molecule has 1 aromatic heterocycles. The first-order chi connectivity index (χ1) is 16.8. The summed E-state index contributed by atoms with van der Waals surface area (Å²) < 4.78 is 57.5. The fourth-order valence-corrected chi connectivity index (χ4v) is 3.81. The van der Waals surface area contributed by atoms with Crippen LogP contribution in [0.4, 0.5) is 30.6 Å². The minimum Gasteiger partial charge on any atom is -0.465 e. The van der Waals surface area contributed by atoms with Crippen molar-refractivity contribution >= 4 is 36.0 Å². The highest BCUT2D eigenvalue weighted by molar-refractivity contribution is 6.63. The third-order valence-electron chi connectivity index (χ3n) is 6.86. The molecule has 1 aromatic carbocycles. The van der Waals surface area contributed by atoms with Crippen LogP contribution in [0, 0.1) is 5.92 Å². The number of nitrogens with one attached hydrogen (secondary N) is 2. The van der Waals surface area contributed by atoms with Crippen molar-refractivity contribution in [2.45, 2.75) is 64.3 Å². The number of carbonyl (C=O) groups excluding carboxylic acids is 1. The molecule has 1 aliphatic heterocycles. The van der Waals surface area contributed by atoms with Crippen molar-refractivity contribution in [1.29, 1.82) is 0 Å². The molecule has 0 radical (unpaired) electrons. The highest BCUT2D eigenvalue weighted by Crippen LogP contribution is 2.38. The topological polar surface area (TPSA) is 94.6 Å². The molecular formula is C24H30BF3N4O4. The van der Waals surface area contributed by atoms with E-state index in [2.05, 4.69) is 20.6 Å². The third-order valence-corrected chi connectivity index (χ3v) is 6.86. The Labute approximate surface area is 208 Å². The van der Waals surface area contributed by atoms with Gasteiger partial charge in [0.25, 0.3) is 0 Å². The summed E-state index contributed by atoms with van der Waals surface area (Å²) in [6.45, 7) is 8.00. The molecule has 0 atom stereocenters. The number of anilines is 3. The fraction of sp³-hybridized carbons (Fsp3) is 0.542. The van der Waals surface area contributed by atoms with Gasteiger partial charge >= 0.3 is 19.3 Å². The predicted molar refractivity (Wildman–Crippen MR) is 130 cm³/mol. The zero-order valence-corrected chi connectivity index (χ0v) is 21.0. The van der Waals surface area contributed by atoms with E-state index in [-0.39, 0.29) is 17.3 Å². The number of aromatic nitrogens is 2. The molecule has 36 heavy (non-hydrogen) atoms. The lowest BCUT2D eigenvalue weighted by Gasteiger charge is -2.32. The van der Waals surface area contributed by atoms with Gasteiger partial charge in [0.05, 0.1) is 23.9 Å². The second-order valence-electron chi connectivity index (χ2n) is 10.1. The molecule has 2 heterocycles. The second kappa shape index (κ2) is 9.55. The summed E-state index contributed by atoms with van der Waals surface area (Å²) in [6, 6.07) is 4.80. The van der Waals surface area contributed by atoms with Gasteiger partial charge in [-0.2, -0.15) is 18.2 Å². The van der Waals surface area contributed by atoms with Gasteiger partial charge in [-0.1, -0.05) is 18.9 Å². The predicted octanol–water partition coefficient (Wildman–Crippen LogP) is 4.54. The molecule has 2 fully saturated rings. The van der Waals surface area contributed by atoms with Crippen molar-refractivity contribution in [2.24, 2.45) is 5.92 Å². The smallest absolute Gasteiger partial charge is 0.465 e. The Balaban J connectivity index is 1.60. The van der Waals surface area contributed by atoms with Gasteiger partial charge in [-0.15, -0.1) is 0 Å². The van der Waals surface area contributed by atoms with Gasteiger partial charge in [0.15, 0.2) is 0 Å². The molecule has 4 rings (SSSR count). The first-order valence-corrected chi connectivity index (χ1v) is 11.8. The number of benzene rings is 1. The van der Waals surface area contributed by atoms with Crippen LogP contribution in [0.3, 0.4) is 0 Å². The van der Waals surface area contributed by atoms with E-state index in [1.54, 1.807) is 12.1 Å². The maximum atomic E-state index is 13.5. The lowest BCUT2D eigenvalue weighted by atomic mass is 9.75. The number of rotatable bonds is 8. The summed E-state index contributed by atoms with van der Waals surface area (Å²) >= 11 is 0. The largest absolute Gasteiger partial charge is 0.495 e. The van der Waals surface area contributed by atoms with Gasteiger partial charge in [0.1, 0.15) is 11.4 Å². The third kappa shape index (κ3) is 5.59. The molecule has 8 nitrogen and oxygen atoms in total. The quantitative estimate of drug-likeness (QED) is 0.398. The Hall–Kier alpha value is -2.86. The van der Waals surface area contributed by atoms with Crippen molar-refractivity contribution in [3.8, 4) is 0 Å². The van der Waals surface area contributed by atoms with E-state index in [0.29, 0.717) is 23.6 Å². The molecule has 2 aromatic rings. The first kappa shape index (κ1) is 26.2. The van der Waals surface area contributed by atoms with E-state index in [4.69, 9.17) is 14.0 Å². The van der Waals surface area contributed by atoms with Gasteiger partial charge < -0.3 is 24.7 Å². The number of ether oxygens (including phenoxy) is 1. The van der Waals surface area contributed by atoms with Crippen molar-refractivity contribution < 1.29 is 32.0 Å². The molecule has 0 unspecified atom stereocenters. The fourth-order valence-electron chi connectivity index (χ4n) is 3.81. The normalized spacial score (nSPS) is 18.7. The Morgan fingerprint density at radius 3 is 2.44 bits per heavy atom. The summed E-state index contributed by atoms with van der Waals surface area (Å²) in [5, 5.41) is 5.68. The zero-order valence-electron chi connectivity index (χ0n) is 21.0. The van der Waals surface area contributed by atoms with E-state index in [9.17, 15) is 18.0 Å². The maximum absolute atomic E-state index is 13.5. The molecule has 2 N–H and O–H groups in total. The summed E-state index contributed by atoms with van der Waals surface area (Å²) in [6.07, 6.45) is -0.853. The molecule has 12 heteroatoms. The van der Waals surface area contributed by atoms with E-state index in [1.807, 2.05) is 27.7 Å². The average Bonchev–Trinajstić information content (AvgIpc) is 3.58. The number of halogens is 3. The molecule has 194 valence electrons. The van der Waals surface area contributed by atoms with E-state index in [1.165, 1.54) is 13.2 Å². The monoisotopic (exact) mass is 506 g/mol. The zero-order chi connectivity index (χ0) is 26.3. The van der Waals surface area contributed by atoms with Crippen LogP contribution < -0.4 is 16.1 Å². The molecule has 1 saturated heterocycles. The number of methoxy groups -OCH3 is 1. The number of nitrogens with zero attached hydrogens (tertiary/aromatic N) is 2. The van der Waals surface area contributed by atoms with Crippen LogP contribution >= 0.6 is 0 Å². The number of esters is 1. The minimum atomic E-state index is -4.59. The Morgan fingerprint density at radius 2 is 1.86 bits per heavy atom. The lowest BCUT2D eigenvalue weighted by Crippen LogP contribution is -2.41. The Morgan fingerprint density at radius 1 is 1.19 bits per heavy atom. The van der Waals surface area contributed by atoms with Crippen LogP contribution in [0.5, 0.6) is 0 Å². The average molecular weight is 506 g/mol. The number of carbonyl (C=O) groups is 1. The molecule has 1 saturated carbocycles. The van der Waals surface area contributed by atoms with Crippen LogP contribution in [0.25, 0.3) is 0 Å². The van der Waals surface area contributed by atoms with Crippen molar-refractivity contribution in [1.82, 2.24) is 9.97 Å². The SMILES string of the molecule is COC(=O)c1cc(Nc2ncc(C(F)(F)F)c(NCCC3CC3)n2)ccc1B1OC(C)(C)C(C)(C)O1. The molecular weight excluding hydrogens is 476 g/mol. The van der Waals surface area contributed by atoms with Crippen molar-refractivity contribution in [2.75, 3.05) is 24.3 Å². The van der Waals surface area contributed by atoms with Crippen LogP contribution in [-0.4, -0.2) is 47.9 Å². The van der Waals surface area contributed by atoms with Gasteiger partial charge in [-0.05, 0) is 57.6 Å². The van der Waals surface area contributed by atoms with Gasteiger partial charge in [-0.25, -0.2) is 9.78 Å². The number of hydrogen-bond acceptors (Lipinski definition) is 8. The Bertz CT molecular complexity index is 1120. The summed E-state index contributed by atoms with van der Waals surface area (Å²) in [4.78, 5) is 20.5. The van der Waals surface area contributed by atoms with Gasteiger partial charge in [0.2, 0.25) is 5.95 Å². The summed E-state index contributed by atoms with van der Waals surface area (Å²) in [5.74, 6) is -0.386. The standard InChI is InChI=1S/C24H30BF3N4O4/c1-22(2)23(3,4)36-25(35-22)18-9-8-15(12-16(18)20(33)34-5)31-21-30-13-17(24(26,27)28)19(32-21)29-11-10-14-6-7-14/h8-9,12-14H,6-7,10-11H2,1-5H3,(H2,29,30,31,32). The number of hydrogen-bond donors (Lipinski definition) is 2. The second-order valence-corrected chi connectivity index (χ2v) is 10.1. The van der Waals surface area contributed by atoms with Crippen LogP contribution in [0.15, 0.2) is 24.4 Å². The molecule has 2 aliphatic rings. The van der Waals surface area contributed by atoms with Crippen LogP contribution in [0.1, 0.15) is 62.9 Å². The van der Waals surface area contributed by atoms with E-state index < -0.39 is 36.0 Å². The van der Waals surface area contributed by atoms with Gasteiger partial charge in [0, 0.05) is 18.4 Å². The van der Waals surface area contributed by atoms with Crippen molar-refractivity contribution in [3.63, 3.8) is 0 Å². The lowest BCUT2D eigenvalue weighted by molar-refractivity contribution is -0.137. The maximum Gasteiger partial charge on any atom is 0.495 e. The highest BCUT2D eigenvalue weighted by Gasteiger charge is 2.52.